The van der Waals surface area contributed by atoms with Crippen LogP contribution in [0, 0.1) is 20.8 Å². The van der Waals surface area contributed by atoms with E-state index in [1.807, 2.05) is 32.9 Å². The number of methoxy groups -OCH3 is 2. The molecule has 0 fully saturated rings. The van der Waals surface area contributed by atoms with E-state index in [0.29, 0.717) is 5.56 Å². The fourth-order valence-corrected chi connectivity index (χ4v) is 2.90. The van der Waals surface area contributed by atoms with Crippen molar-refractivity contribution in [2.45, 2.75) is 20.8 Å². The molecule has 0 aliphatic carbocycles. The molecule has 0 unspecified atom stereocenters. The Morgan fingerprint density at radius 2 is 1.42 bits per heavy atom. The lowest BCUT2D eigenvalue weighted by Gasteiger charge is -2.14. The van der Waals surface area contributed by atoms with Gasteiger partial charge in [-0.2, -0.15) is 0 Å². The van der Waals surface area contributed by atoms with Crippen LogP contribution in [0.4, 0.5) is 5.69 Å². The van der Waals surface area contributed by atoms with Gasteiger partial charge >= 0.3 is 11.9 Å². The second-order valence-corrected chi connectivity index (χ2v) is 5.97. The van der Waals surface area contributed by atoms with Gasteiger partial charge in [-0.05, 0) is 50.1 Å². The van der Waals surface area contributed by atoms with E-state index in [1.165, 1.54) is 32.4 Å². The highest BCUT2D eigenvalue weighted by molar-refractivity contribution is 6.10. The molecule has 26 heavy (non-hydrogen) atoms. The Kier molecular flexibility index (Phi) is 5.77. The molecule has 2 aromatic carbocycles. The second-order valence-electron chi connectivity index (χ2n) is 5.97. The number of rotatable bonds is 4. The fraction of sp³-hybridized carbons (Fsp3) is 0.250. The summed E-state index contributed by atoms with van der Waals surface area (Å²) in [5, 5.41) is 2.71. The van der Waals surface area contributed by atoms with Gasteiger partial charge in [0.15, 0.2) is 0 Å². The summed E-state index contributed by atoms with van der Waals surface area (Å²) in [6, 6.07) is 8.08. The highest BCUT2D eigenvalue weighted by Crippen LogP contribution is 2.23. The van der Waals surface area contributed by atoms with Crippen molar-refractivity contribution in [3.8, 4) is 0 Å². The predicted octanol–water partition coefficient (Wildman–Crippen LogP) is 3.44. The maximum atomic E-state index is 12.8. The molecule has 0 saturated carbocycles. The van der Waals surface area contributed by atoms with Crippen molar-refractivity contribution < 1.29 is 23.9 Å². The van der Waals surface area contributed by atoms with Gasteiger partial charge in [0.25, 0.3) is 5.91 Å². The van der Waals surface area contributed by atoms with Crippen molar-refractivity contribution in [3.63, 3.8) is 0 Å². The van der Waals surface area contributed by atoms with Gasteiger partial charge in [-0.3, -0.25) is 4.79 Å². The van der Waals surface area contributed by atoms with E-state index in [4.69, 9.17) is 9.47 Å². The van der Waals surface area contributed by atoms with Crippen LogP contribution in [-0.2, 0) is 9.47 Å². The molecule has 0 radical (unpaired) electrons. The van der Waals surface area contributed by atoms with Crippen LogP contribution < -0.4 is 5.32 Å². The van der Waals surface area contributed by atoms with E-state index in [0.717, 1.165) is 16.7 Å². The van der Waals surface area contributed by atoms with Crippen molar-refractivity contribution >= 4 is 23.5 Å². The third-order valence-corrected chi connectivity index (χ3v) is 4.00. The number of ether oxygens (including phenoxy) is 2. The minimum atomic E-state index is -0.617. The number of aryl methyl sites for hydroxylation is 3. The Hall–Kier alpha value is -3.15. The molecule has 2 aromatic rings. The van der Waals surface area contributed by atoms with Crippen molar-refractivity contribution in [1.82, 2.24) is 0 Å². The molecule has 0 bridgehead atoms. The maximum Gasteiger partial charge on any atom is 0.339 e. The third-order valence-electron chi connectivity index (χ3n) is 4.00. The van der Waals surface area contributed by atoms with E-state index in [-0.39, 0.29) is 22.7 Å². The molecule has 0 aliphatic heterocycles. The minimum Gasteiger partial charge on any atom is -0.465 e. The zero-order valence-corrected chi connectivity index (χ0v) is 15.4. The number of carbonyl (C=O) groups is 3. The number of hydrogen-bond donors (Lipinski definition) is 1. The molecular weight excluding hydrogens is 334 g/mol. The number of anilines is 1. The van der Waals surface area contributed by atoms with Gasteiger partial charge in [0.05, 0.1) is 31.0 Å². The number of carbonyl (C=O) groups excluding carboxylic acids is 3. The Morgan fingerprint density at radius 1 is 0.846 bits per heavy atom. The SMILES string of the molecule is COC(=O)c1ccc(C(=O)OC)c(NC(=O)c2c(C)cc(C)cc2C)c1. The lowest BCUT2D eigenvalue weighted by molar-refractivity contribution is 0.0587. The second kappa shape index (κ2) is 7.82. The van der Waals surface area contributed by atoms with E-state index >= 15 is 0 Å². The summed E-state index contributed by atoms with van der Waals surface area (Å²) in [6.07, 6.45) is 0. The molecule has 136 valence electrons. The van der Waals surface area contributed by atoms with E-state index in [1.54, 1.807) is 0 Å². The van der Waals surface area contributed by atoms with Crippen LogP contribution in [0.25, 0.3) is 0 Å². The quantitative estimate of drug-likeness (QED) is 0.850. The van der Waals surface area contributed by atoms with Crippen molar-refractivity contribution in [3.05, 3.63) is 63.7 Å². The number of benzene rings is 2. The zero-order valence-electron chi connectivity index (χ0n) is 15.4. The largest absolute Gasteiger partial charge is 0.465 e. The molecule has 0 aliphatic rings. The molecule has 6 nitrogen and oxygen atoms in total. The van der Waals surface area contributed by atoms with Crippen molar-refractivity contribution in [2.24, 2.45) is 0 Å². The zero-order chi connectivity index (χ0) is 19.4. The first-order chi connectivity index (χ1) is 12.3. The summed E-state index contributed by atoms with van der Waals surface area (Å²) in [4.78, 5) is 36.6. The first kappa shape index (κ1) is 19.2. The summed E-state index contributed by atoms with van der Waals surface area (Å²) in [7, 11) is 2.50. The van der Waals surface area contributed by atoms with Gasteiger partial charge in [-0.15, -0.1) is 0 Å². The molecule has 0 aromatic heterocycles. The van der Waals surface area contributed by atoms with Gasteiger partial charge < -0.3 is 14.8 Å². The van der Waals surface area contributed by atoms with Crippen LogP contribution in [0.15, 0.2) is 30.3 Å². The number of nitrogens with one attached hydrogen (secondary N) is 1. The number of amides is 1. The normalized spacial score (nSPS) is 10.2. The molecule has 1 N–H and O–H groups in total. The Morgan fingerprint density at radius 3 is 1.96 bits per heavy atom. The van der Waals surface area contributed by atoms with Gasteiger partial charge in [0.2, 0.25) is 0 Å². The molecule has 1 amide bonds. The fourth-order valence-electron chi connectivity index (χ4n) is 2.90. The standard InChI is InChI=1S/C20H21NO5/c1-11-8-12(2)17(13(3)9-11)18(22)21-16-10-14(19(23)25-4)6-7-15(16)20(24)26-5/h6-10H,1-5H3,(H,21,22). The summed E-state index contributed by atoms with van der Waals surface area (Å²) >= 11 is 0. The molecular formula is C20H21NO5. The smallest absolute Gasteiger partial charge is 0.339 e. The van der Waals surface area contributed by atoms with E-state index in [9.17, 15) is 14.4 Å². The molecule has 0 saturated heterocycles. The number of hydrogen-bond acceptors (Lipinski definition) is 5. The molecule has 2 rings (SSSR count). The van der Waals surface area contributed by atoms with E-state index < -0.39 is 11.9 Å². The maximum absolute atomic E-state index is 12.8. The number of esters is 2. The topological polar surface area (TPSA) is 81.7 Å². The first-order valence-corrected chi connectivity index (χ1v) is 7.98. The molecule has 0 atom stereocenters. The average molecular weight is 355 g/mol. The Labute approximate surface area is 152 Å². The lowest BCUT2D eigenvalue weighted by atomic mass is 9.99. The molecule has 6 heteroatoms. The Bertz CT molecular complexity index is 863. The van der Waals surface area contributed by atoms with Crippen LogP contribution in [0.1, 0.15) is 47.8 Å². The van der Waals surface area contributed by atoms with Crippen LogP contribution in [0.5, 0.6) is 0 Å². The minimum absolute atomic E-state index is 0.149. The third kappa shape index (κ3) is 3.91. The van der Waals surface area contributed by atoms with Gasteiger partial charge in [0, 0.05) is 5.56 Å². The Balaban J connectivity index is 2.48. The van der Waals surface area contributed by atoms with Crippen molar-refractivity contribution in [1.29, 1.82) is 0 Å². The lowest BCUT2D eigenvalue weighted by Crippen LogP contribution is -2.18. The average Bonchev–Trinajstić information content (AvgIpc) is 2.59. The highest BCUT2D eigenvalue weighted by Gasteiger charge is 2.19. The first-order valence-electron chi connectivity index (χ1n) is 7.98. The van der Waals surface area contributed by atoms with Crippen LogP contribution in [0.2, 0.25) is 0 Å². The van der Waals surface area contributed by atoms with Crippen LogP contribution in [0.3, 0.4) is 0 Å². The molecule has 0 heterocycles. The van der Waals surface area contributed by atoms with Gasteiger partial charge in [-0.25, -0.2) is 9.59 Å². The van der Waals surface area contributed by atoms with Gasteiger partial charge in [-0.1, -0.05) is 17.7 Å². The van der Waals surface area contributed by atoms with Crippen LogP contribution >= 0.6 is 0 Å². The highest BCUT2D eigenvalue weighted by atomic mass is 16.5. The monoisotopic (exact) mass is 355 g/mol. The summed E-state index contributed by atoms with van der Waals surface area (Å²) in [5.74, 6) is -1.55. The summed E-state index contributed by atoms with van der Waals surface area (Å²) < 4.78 is 9.44. The van der Waals surface area contributed by atoms with E-state index in [2.05, 4.69) is 5.32 Å². The molecule has 0 spiro atoms. The summed E-state index contributed by atoms with van der Waals surface area (Å²) in [5.41, 5.74) is 3.77. The van der Waals surface area contributed by atoms with Crippen molar-refractivity contribution in [2.75, 3.05) is 19.5 Å². The predicted molar refractivity (Wildman–Crippen MR) is 97.7 cm³/mol. The summed E-state index contributed by atoms with van der Waals surface area (Å²) in [6.45, 7) is 5.65. The van der Waals surface area contributed by atoms with Gasteiger partial charge in [0.1, 0.15) is 0 Å². The van der Waals surface area contributed by atoms with Crippen LogP contribution in [-0.4, -0.2) is 32.1 Å².